The number of benzene rings is 1. The number of halogens is 2. The minimum Gasteiger partial charge on any atom is -0.490 e. The van der Waals surface area contributed by atoms with Crippen molar-refractivity contribution in [1.82, 2.24) is 0 Å². The summed E-state index contributed by atoms with van der Waals surface area (Å²) >= 11 is 3.08. The molecule has 1 aliphatic carbocycles. The zero-order chi connectivity index (χ0) is 11.6. The number of rotatable bonds is 3. The third-order valence-electron chi connectivity index (χ3n) is 2.93. The predicted octanol–water partition coefficient (Wildman–Crippen LogP) is 3.27. The Hall–Kier alpha value is -0.610. The van der Waals surface area contributed by atoms with Crippen molar-refractivity contribution in [1.29, 1.82) is 0 Å². The van der Waals surface area contributed by atoms with Gasteiger partial charge < -0.3 is 9.84 Å². The Morgan fingerprint density at radius 1 is 1.38 bits per heavy atom. The van der Waals surface area contributed by atoms with E-state index in [4.69, 9.17) is 4.74 Å². The monoisotopic (exact) mass is 288 g/mol. The van der Waals surface area contributed by atoms with E-state index in [1.54, 1.807) is 12.1 Å². The predicted molar refractivity (Wildman–Crippen MR) is 63.0 cm³/mol. The van der Waals surface area contributed by atoms with Crippen molar-refractivity contribution in [3.05, 3.63) is 28.5 Å². The molecular weight excluding hydrogens is 275 g/mol. The molecule has 1 N–H and O–H groups in total. The summed E-state index contributed by atoms with van der Waals surface area (Å²) in [6.45, 7) is 0.244. The van der Waals surface area contributed by atoms with Crippen molar-refractivity contribution < 1.29 is 14.2 Å². The molecule has 1 saturated carbocycles. The molecule has 4 heteroatoms. The summed E-state index contributed by atoms with van der Waals surface area (Å²) in [5.74, 6) is 0.108. The molecule has 0 radical (unpaired) electrons. The molecule has 0 aliphatic heterocycles. The van der Waals surface area contributed by atoms with Crippen LogP contribution in [0.15, 0.2) is 22.7 Å². The van der Waals surface area contributed by atoms with Crippen LogP contribution in [0.2, 0.25) is 0 Å². The van der Waals surface area contributed by atoms with Crippen LogP contribution in [0.4, 0.5) is 4.39 Å². The van der Waals surface area contributed by atoms with Crippen LogP contribution < -0.4 is 4.74 Å². The molecule has 16 heavy (non-hydrogen) atoms. The minimum atomic E-state index is -0.719. The van der Waals surface area contributed by atoms with Crippen LogP contribution >= 0.6 is 15.9 Å². The Kier molecular flexibility index (Phi) is 3.50. The summed E-state index contributed by atoms with van der Waals surface area (Å²) in [4.78, 5) is 0. The first-order valence-corrected chi connectivity index (χ1v) is 6.19. The lowest BCUT2D eigenvalue weighted by Gasteiger charge is -2.22. The summed E-state index contributed by atoms with van der Waals surface area (Å²) in [6.07, 6.45) is 3.61. The minimum absolute atomic E-state index is 0.244. The van der Waals surface area contributed by atoms with Gasteiger partial charge in [0.05, 0.1) is 10.1 Å². The fourth-order valence-corrected chi connectivity index (χ4v) is 2.21. The van der Waals surface area contributed by atoms with Crippen molar-refractivity contribution in [2.45, 2.75) is 31.3 Å². The van der Waals surface area contributed by atoms with Gasteiger partial charge in [0.25, 0.3) is 0 Å². The van der Waals surface area contributed by atoms with Crippen LogP contribution in [-0.4, -0.2) is 17.3 Å². The first-order valence-electron chi connectivity index (χ1n) is 5.39. The van der Waals surface area contributed by atoms with Gasteiger partial charge in [-0.25, -0.2) is 4.39 Å². The lowest BCUT2D eigenvalue weighted by molar-refractivity contribution is 0.00131. The van der Waals surface area contributed by atoms with Crippen LogP contribution in [0.25, 0.3) is 0 Å². The van der Waals surface area contributed by atoms with E-state index in [2.05, 4.69) is 15.9 Å². The van der Waals surface area contributed by atoms with E-state index in [0.717, 1.165) is 25.7 Å². The lowest BCUT2D eigenvalue weighted by Crippen LogP contribution is -2.32. The van der Waals surface area contributed by atoms with Crippen LogP contribution in [-0.2, 0) is 0 Å². The standard InChI is InChI=1S/C12H14BrFO2/c13-10-4-3-9(7-11(10)14)16-8-12(15)5-1-2-6-12/h3-4,7,15H,1-2,5-6,8H2. The van der Waals surface area contributed by atoms with Crippen LogP contribution in [0, 0.1) is 5.82 Å². The normalized spacial score (nSPS) is 18.7. The maximum absolute atomic E-state index is 13.2. The SMILES string of the molecule is OC1(COc2ccc(Br)c(F)c2)CCCC1. The van der Waals surface area contributed by atoms with Gasteiger partial charge in [-0.3, -0.25) is 0 Å². The quantitative estimate of drug-likeness (QED) is 0.925. The zero-order valence-corrected chi connectivity index (χ0v) is 10.5. The van der Waals surface area contributed by atoms with E-state index in [9.17, 15) is 9.50 Å². The second-order valence-corrected chi connectivity index (χ2v) is 5.15. The molecule has 1 aromatic carbocycles. The Morgan fingerprint density at radius 3 is 2.69 bits per heavy atom. The molecule has 0 unspecified atom stereocenters. The fraction of sp³-hybridized carbons (Fsp3) is 0.500. The van der Waals surface area contributed by atoms with E-state index >= 15 is 0 Å². The van der Waals surface area contributed by atoms with Crippen LogP contribution in [0.5, 0.6) is 5.75 Å². The van der Waals surface area contributed by atoms with Gasteiger partial charge in [0.1, 0.15) is 18.2 Å². The highest BCUT2D eigenvalue weighted by Crippen LogP contribution is 2.30. The van der Waals surface area contributed by atoms with E-state index in [1.165, 1.54) is 6.07 Å². The molecule has 88 valence electrons. The molecule has 1 fully saturated rings. The number of hydrogen-bond donors (Lipinski definition) is 1. The second-order valence-electron chi connectivity index (χ2n) is 4.30. The maximum Gasteiger partial charge on any atom is 0.141 e. The van der Waals surface area contributed by atoms with Gasteiger partial charge in [-0.05, 0) is 40.9 Å². The summed E-state index contributed by atoms with van der Waals surface area (Å²) in [5, 5.41) is 10.0. The van der Waals surface area contributed by atoms with Crippen LogP contribution in [0.3, 0.4) is 0 Å². The number of hydrogen-bond acceptors (Lipinski definition) is 2. The summed E-state index contributed by atoms with van der Waals surface area (Å²) in [5.41, 5.74) is -0.719. The van der Waals surface area contributed by atoms with Gasteiger partial charge in [-0.1, -0.05) is 12.8 Å². The summed E-state index contributed by atoms with van der Waals surface area (Å²) < 4.78 is 19.0. The van der Waals surface area contributed by atoms with Crippen molar-refractivity contribution in [3.8, 4) is 5.75 Å². The largest absolute Gasteiger partial charge is 0.490 e. The highest BCUT2D eigenvalue weighted by Gasteiger charge is 2.31. The Morgan fingerprint density at radius 2 is 2.06 bits per heavy atom. The molecule has 0 bridgehead atoms. The number of ether oxygens (including phenoxy) is 1. The molecule has 0 amide bonds. The smallest absolute Gasteiger partial charge is 0.141 e. The third-order valence-corrected chi connectivity index (χ3v) is 3.58. The Balaban J connectivity index is 1.96. The fourth-order valence-electron chi connectivity index (χ4n) is 1.96. The van der Waals surface area contributed by atoms with Crippen molar-refractivity contribution in [2.75, 3.05) is 6.61 Å². The molecule has 0 atom stereocenters. The van der Waals surface area contributed by atoms with Crippen LogP contribution in [0.1, 0.15) is 25.7 Å². The second kappa shape index (κ2) is 4.72. The first-order chi connectivity index (χ1) is 7.59. The molecule has 2 nitrogen and oxygen atoms in total. The van der Waals surface area contributed by atoms with E-state index in [1.807, 2.05) is 0 Å². The molecular formula is C12H14BrFO2. The third kappa shape index (κ3) is 2.74. The van der Waals surface area contributed by atoms with Gasteiger partial charge in [-0.2, -0.15) is 0 Å². The van der Waals surface area contributed by atoms with Crippen molar-refractivity contribution in [3.63, 3.8) is 0 Å². The van der Waals surface area contributed by atoms with Gasteiger partial charge >= 0.3 is 0 Å². The lowest BCUT2D eigenvalue weighted by atomic mass is 10.0. The Labute approximate surface area is 103 Å². The van der Waals surface area contributed by atoms with Gasteiger partial charge in [0, 0.05) is 6.07 Å². The van der Waals surface area contributed by atoms with Gasteiger partial charge in [0.15, 0.2) is 0 Å². The molecule has 0 heterocycles. The average Bonchev–Trinajstić information content (AvgIpc) is 2.68. The zero-order valence-electron chi connectivity index (χ0n) is 8.88. The van der Waals surface area contributed by atoms with Crippen molar-refractivity contribution in [2.24, 2.45) is 0 Å². The number of aliphatic hydroxyl groups is 1. The van der Waals surface area contributed by atoms with E-state index in [0.29, 0.717) is 10.2 Å². The maximum atomic E-state index is 13.2. The van der Waals surface area contributed by atoms with E-state index < -0.39 is 5.60 Å². The first kappa shape index (κ1) is 11.9. The van der Waals surface area contributed by atoms with Gasteiger partial charge in [-0.15, -0.1) is 0 Å². The molecule has 1 aliphatic rings. The molecule has 1 aromatic rings. The highest BCUT2D eigenvalue weighted by molar-refractivity contribution is 9.10. The Bertz CT molecular complexity index is 375. The molecule has 0 saturated heterocycles. The molecule has 2 rings (SSSR count). The van der Waals surface area contributed by atoms with E-state index in [-0.39, 0.29) is 12.4 Å². The molecule has 0 aromatic heterocycles. The highest BCUT2D eigenvalue weighted by atomic mass is 79.9. The average molecular weight is 289 g/mol. The topological polar surface area (TPSA) is 29.5 Å². The summed E-state index contributed by atoms with van der Waals surface area (Å²) in [6, 6.07) is 4.61. The van der Waals surface area contributed by atoms with Crippen molar-refractivity contribution >= 4 is 15.9 Å². The molecule has 0 spiro atoms. The van der Waals surface area contributed by atoms with Gasteiger partial charge in [0.2, 0.25) is 0 Å². The summed E-state index contributed by atoms with van der Waals surface area (Å²) in [7, 11) is 0.